The minimum absolute atomic E-state index is 0.113. The van der Waals surface area contributed by atoms with E-state index in [0.717, 1.165) is 17.7 Å². The number of hydrogen-bond donors (Lipinski definition) is 1. The second kappa shape index (κ2) is 6.66. The van der Waals surface area contributed by atoms with E-state index in [1.54, 1.807) is 29.2 Å². The van der Waals surface area contributed by atoms with Gasteiger partial charge in [0.05, 0.1) is 17.4 Å². The third-order valence-corrected chi connectivity index (χ3v) is 4.29. The molecule has 0 aliphatic heterocycles. The third kappa shape index (κ3) is 2.93. The number of carbonyl (C=O) groups excluding carboxylic acids is 1. The number of anilines is 1. The molecular formula is C19H20N4O. The average Bonchev–Trinajstić information content (AvgIpc) is 3.02. The zero-order valence-electron chi connectivity index (χ0n) is 13.8. The summed E-state index contributed by atoms with van der Waals surface area (Å²) in [6, 6.07) is 11.3. The van der Waals surface area contributed by atoms with Crippen molar-refractivity contribution in [2.45, 2.75) is 26.2 Å². The molecular weight excluding hydrogens is 300 g/mol. The van der Waals surface area contributed by atoms with Gasteiger partial charge in [-0.1, -0.05) is 32.0 Å². The summed E-state index contributed by atoms with van der Waals surface area (Å²) in [6.45, 7) is 4.29. The second-order valence-electron chi connectivity index (χ2n) is 5.82. The van der Waals surface area contributed by atoms with Gasteiger partial charge in [-0.05, 0) is 36.1 Å². The van der Waals surface area contributed by atoms with Crippen molar-refractivity contribution in [2.75, 3.05) is 5.73 Å². The van der Waals surface area contributed by atoms with Gasteiger partial charge < -0.3 is 5.73 Å². The standard InChI is InChI=1S/C19H20N4O/c1-3-13(2)14-5-4-6-15(11-14)18(24)17-12-22-23(19(17)20)16-7-9-21-10-8-16/h4-13H,3,20H2,1-2H3. The number of benzene rings is 1. The summed E-state index contributed by atoms with van der Waals surface area (Å²) in [5.74, 6) is 0.632. The highest BCUT2D eigenvalue weighted by molar-refractivity contribution is 6.11. The van der Waals surface area contributed by atoms with Gasteiger partial charge in [0.1, 0.15) is 5.82 Å². The number of aromatic nitrogens is 3. The summed E-state index contributed by atoms with van der Waals surface area (Å²) in [6.07, 6.45) is 5.87. The Morgan fingerprint density at radius 1 is 1.25 bits per heavy atom. The second-order valence-corrected chi connectivity index (χ2v) is 5.82. The van der Waals surface area contributed by atoms with E-state index in [1.165, 1.54) is 6.20 Å². The smallest absolute Gasteiger partial charge is 0.198 e. The van der Waals surface area contributed by atoms with Crippen LogP contribution in [0.3, 0.4) is 0 Å². The Kier molecular flexibility index (Phi) is 4.42. The molecule has 1 unspecified atom stereocenters. The highest BCUT2D eigenvalue weighted by atomic mass is 16.1. The van der Waals surface area contributed by atoms with Gasteiger partial charge in [0.2, 0.25) is 0 Å². The van der Waals surface area contributed by atoms with Crippen molar-refractivity contribution in [1.29, 1.82) is 0 Å². The lowest BCUT2D eigenvalue weighted by atomic mass is 9.95. The minimum atomic E-state index is -0.113. The lowest BCUT2D eigenvalue weighted by Crippen LogP contribution is -2.08. The van der Waals surface area contributed by atoms with Crippen molar-refractivity contribution in [3.05, 3.63) is 71.7 Å². The van der Waals surface area contributed by atoms with Gasteiger partial charge in [-0.15, -0.1) is 0 Å². The first-order chi connectivity index (χ1) is 11.6. The fourth-order valence-electron chi connectivity index (χ4n) is 2.60. The summed E-state index contributed by atoms with van der Waals surface area (Å²) in [4.78, 5) is 16.8. The number of hydrogen-bond acceptors (Lipinski definition) is 4. The molecule has 5 heteroatoms. The van der Waals surface area contributed by atoms with E-state index in [0.29, 0.717) is 22.9 Å². The lowest BCUT2D eigenvalue weighted by Gasteiger charge is -2.10. The topological polar surface area (TPSA) is 73.8 Å². The Morgan fingerprint density at radius 3 is 2.71 bits per heavy atom. The molecule has 0 saturated heterocycles. The van der Waals surface area contributed by atoms with Gasteiger partial charge in [-0.2, -0.15) is 5.10 Å². The largest absolute Gasteiger partial charge is 0.383 e. The van der Waals surface area contributed by atoms with Crippen LogP contribution in [0.25, 0.3) is 5.69 Å². The third-order valence-electron chi connectivity index (χ3n) is 4.29. The predicted octanol–water partition coefficient (Wildman–Crippen LogP) is 3.59. The van der Waals surface area contributed by atoms with Gasteiger partial charge in [0.25, 0.3) is 0 Å². The maximum Gasteiger partial charge on any atom is 0.198 e. The number of rotatable bonds is 5. The van der Waals surface area contributed by atoms with Crippen molar-refractivity contribution < 1.29 is 4.79 Å². The van der Waals surface area contributed by atoms with E-state index in [-0.39, 0.29) is 5.78 Å². The summed E-state index contributed by atoms with van der Waals surface area (Å²) in [5, 5.41) is 4.25. The number of nitrogens with two attached hydrogens (primary N) is 1. The van der Waals surface area contributed by atoms with Crippen molar-refractivity contribution in [3.63, 3.8) is 0 Å². The normalized spacial score (nSPS) is 12.1. The number of nitrogen functional groups attached to an aromatic ring is 1. The molecule has 24 heavy (non-hydrogen) atoms. The number of nitrogens with zero attached hydrogens (tertiary/aromatic N) is 3. The minimum Gasteiger partial charge on any atom is -0.383 e. The fraction of sp³-hybridized carbons (Fsp3) is 0.211. The lowest BCUT2D eigenvalue weighted by molar-refractivity contribution is 0.103. The highest BCUT2D eigenvalue weighted by Crippen LogP contribution is 2.23. The molecule has 0 spiro atoms. The highest BCUT2D eigenvalue weighted by Gasteiger charge is 2.18. The quantitative estimate of drug-likeness (QED) is 0.729. The first-order valence-electron chi connectivity index (χ1n) is 8.00. The molecule has 2 heterocycles. The Balaban J connectivity index is 1.96. The van der Waals surface area contributed by atoms with Gasteiger partial charge >= 0.3 is 0 Å². The Bertz CT molecular complexity index is 855. The zero-order chi connectivity index (χ0) is 17.1. The van der Waals surface area contributed by atoms with Crippen LogP contribution in [-0.2, 0) is 0 Å². The molecule has 2 aromatic heterocycles. The molecule has 3 rings (SSSR count). The van der Waals surface area contributed by atoms with Crippen LogP contribution < -0.4 is 5.73 Å². The average molecular weight is 320 g/mol. The van der Waals surface area contributed by atoms with Crippen LogP contribution in [-0.4, -0.2) is 20.5 Å². The van der Waals surface area contributed by atoms with Crippen LogP contribution in [0.15, 0.2) is 55.0 Å². The molecule has 1 aromatic carbocycles. The summed E-state index contributed by atoms with van der Waals surface area (Å²) < 4.78 is 1.55. The van der Waals surface area contributed by atoms with Crippen LogP contribution >= 0.6 is 0 Å². The summed E-state index contributed by atoms with van der Waals surface area (Å²) in [5.41, 5.74) is 9.13. The molecule has 0 saturated carbocycles. The zero-order valence-corrected chi connectivity index (χ0v) is 13.8. The number of ketones is 1. The van der Waals surface area contributed by atoms with Gasteiger partial charge in [-0.25, -0.2) is 4.68 Å². The molecule has 0 aliphatic rings. The summed E-state index contributed by atoms with van der Waals surface area (Å²) >= 11 is 0. The van der Waals surface area contributed by atoms with Crippen LogP contribution in [0.1, 0.15) is 47.7 Å². The molecule has 0 bridgehead atoms. The maximum atomic E-state index is 12.8. The molecule has 122 valence electrons. The van der Waals surface area contributed by atoms with E-state index >= 15 is 0 Å². The monoisotopic (exact) mass is 320 g/mol. The first-order valence-corrected chi connectivity index (χ1v) is 8.00. The molecule has 0 aliphatic carbocycles. The van der Waals surface area contributed by atoms with E-state index in [1.807, 2.05) is 18.2 Å². The number of carbonyl (C=O) groups is 1. The fourth-order valence-corrected chi connectivity index (χ4v) is 2.60. The molecule has 0 fully saturated rings. The van der Waals surface area contributed by atoms with Gasteiger partial charge in [0, 0.05) is 18.0 Å². The predicted molar refractivity (Wildman–Crippen MR) is 94.4 cm³/mol. The van der Waals surface area contributed by atoms with Gasteiger partial charge in [0.15, 0.2) is 5.78 Å². The van der Waals surface area contributed by atoms with Crippen LogP contribution in [0.2, 0.25) is 0 Å². The van der Waals surface area contributed by atoms with E-state index in [4.69, 9.17) is 5.73 Å². The molecule has 3 aromatic rings. The van der Waals surface area contributed by atoms with E-state index in [2.05, 4.69) is 30.0 Å². The molecule has 5 nitrogen and oxygen atoms in total. The molecule has 2 N–H and O–H groups in total. The van der Waals surface area contributed by atoms with E-state index < -0.39 is 0 Å². The van der Waals surface area contributed by atoms with Crippen LogP contribution in [0.4, 0.5) is 5.82 Å². The van der Waals surface area contributed by atoms with Crippen molar-refractivity contribution in [1.82, 2.24) is 14.8 Å². The van der Waals surface area contributed by atoms with E-state index in [9.17, 15) is 4.79 Å². The van der Waals surface area contributed by atoms with Crippen molar-refractivity contribution in [2.24, 2.45) is 0 Å². The summed E-state index contributed by atoms with van der Waals surface area (Å²) in [7, 11) is 0. The molecule has 0 amide bonds. The molecule has 1 atom stereocenters. The number of pyridine rings is 1. The first kappa shape index (κ1) is 15.9. The van der Waals surface area contributed by atoms with Crippen LogP contribution in [0.5, 0.6) is 0 Å². The Labute approximate surface area is 141 Å². The van der Waals surface area contributed by atoms with Crippen LogP contribution in [0, 0.1) is 0 Å². The SMILES string of the molecule is CCC(C)c1cccc(C(=O)c2cnn(-c3ccncc3)c2N)c1. The Morgan fingerprint density at radius 2 is 2.00 bits per heavy atom. The van der Waals surface area contributed by atoms with Crippen molar-refractivity contribution >= 4 is 11.6 Å². The molecule has 0 radical (unpaired) electrons. The van der Waals surface area contributed by atoms with Gasteiger partial charge in [-0.3, -0.25) is 9.78 Å². The van der Waals surface area contributed by atoms with Crippen molar-refractivity contribution in [3.8, 4) is 5.69 Å². The maximum absolute atomic E-state index is 12.8. The Hall–Kier alpha value is -2.95.